The van der Waals surface area contributed by atoms with Crippen LogP contribution >= 0.6 is 0 Å². The standard InChI is InChI=1S/C6H8N2.BF4/c1-2-3-6-7-4-5-8-6;2-1(3,4)5/h2-5H,1H3,(H,7,8);/q;-1. The minimum absolute atomic E-state index is 0.910. The molecule has 0 unspecified atom stereocenters. The van der Waals surface area contributed by atoms with Crippen molar-refractivity contribution in [3.05, 3.63) is 24.3 Å². The molecule has 1 rings (SSSR count). The number of aromatic amines is 1. The molecule has 0 aromatic carbocycles. The molecule has 0 atom stereocenters. The fourth-order valence-electron chi connectivity index (χ4n) is 0.526. The third kappa shape index (κ3) is 10.7. The molecule has 0 saturated carbocycles. The van der Waals surface area contributed by atoms with E-state index < -0.39 is 7.25 Å². The van der Waals surface area contributed by atoms with Crippen LogP contribution in [0.1, 0.15) is 12.7 Å². The molecule has 0 bridgehead atoms. The number of rotatable bonds is 1. The van der Waals surface area contributed by atoms with Crippen LogP contribution in [0.5, 0.6) is 0 Å². The molecule has 1 aromatic heterocycles. The maximum absolute atomic E-state index is 9.75. The van der Waals surface area contributed by atoms with Gasteiger partial charge in [-0.1, -0.05) is 6.08 Å². The molecular formula is C6H8BF4N2-. The Morgan fingerprint density at radius 1 is 1.38 bits per heavy atom. The Morgan fingerprint density at radius 2 is 1.92 bits per heavy atom. The van der Waals surface area contributed by atoms with E-state index in [1.54, 1.807) is 12.4 Å². The largest absolute Gasteiger partial charge is 0.673 e. The van der Waals surface area contributed by atoms with Crippen LogP contribution in [0.15, 0.2) is 18.5 Å². The second kappa shape index (κ2) is 5.39. The summed E-state index contributed by atoms with van der Waals surface area (Å²) in [5.74, 6) is 0.910. The highest BCUT2D eigenvalue weighted by Gasteiger charge is 2.20. The first kappa shape index (κ1) is 11.7. The van der Waals surface area contributed by atoms with E-state index in [1.165, 1.54) is 0 Å². The van der Waals surface area contributed by atoms with Gasteiger partial charge in [0.15, 0.2) is 0 Å². The average molecular weight is 195 g/mol. The maximum atomic E-state index is 9.75. The van der Waals surface area contributed by atoms with E-state index in [-0.39, 0.29) is 0 Å². The van der Waals surface area contributed by atoms with E-state index in [2.05, 4.69) is 9.97 Å². The van der Waals surface area contributed by atoms with Crippen molar-refractivity contribution in [1.29, 1.82) is 0 Å². The van der Waals surface area contributed by atoms with Gasteiger partial charge in [0.25, 0.3) is 0 Å². The lowest BCUT2D eigenvalue weighted by Crippen LogP contribution is -2.02. The van der Waals surface area contributed by atoms with E-state index in [0.717, 1.165) is 5.82 Å². The molecule has 1 heterocycles. The molecule has 0 amide bonds. The van der Waals surface area contributed by atoms with Crippen molar-refractivity contribution < 1.29 is 17.3 Å². The average Bonchev–Trinajstić information content (AvgIpc) is 2.36. The van der Waals surface area contributed by atoms with Crippen LogP contribution in [0.4, 0.5) is 17.3 Å². The number of halogens is 4. The van der Waals surface area contributed by atoms with Crippen LogP contribution in [-0.2, 0) is 0 Å². The molecule has 0 radical (unpaired) electrons. The van der Waals surface area contributed by atoms with Gasteiger partial charge in [0.05, 0.1) is 0 Å². The van der Waals surface area contributed by atoms with Gasteiger partial charge >= 0.3 is 7.25 Å². The summed E-state index contributed by atoms with van der Waals surface area (Å²) < 4.78 is 39.0. The molecule has 0 saturated heterocycles. The third-order valence-corrected chi connectivity index (χ3v) is 0.844. The fourth-order valence-corrected chi connectivity index (χ4v) is 0.526. The Morgan fingerprint density at radius 3 is 2.23 bits per heavy atom. The predicted octanol–water partition coefficient (Wildman–Crippen LogP) is 2.74. The molecule has 1 aromatic rings. The zero-order valence-corrected chi connectivity index (χ0v) is 6.85. The molecule has 0 aliphatic rings. The Kier molecular flexibility index (Phi) is 4.87. The van der Waals surface area contributed by atoms with Gasteiger partial charge in [0, 0.05) is 12.4 Å². The van der Waals surface area contributed by atoms with E-state index in [9.17, 15) is 17.3 Å². The van der Waals surface area contributed by atoms with E-state index in [4.69, 9.17) is 0 Å². The van der Waals surface area contributed by atoms with E-state index in [1.807, 2.05) is 19.1 Å². The summed E-state index contributed by atoms with van der Waals surface area (Å²) in [6, 6.07) is 0. The smallest absolute Gasteiger partial charge is 0.418 e. The SMILES string of the molecule is CC=Cc1ncc[nH]1.F[B-](F)(F)F. The number of hydrogen-bond acceptors (Lipinski definition) is 1. The monoisotopic (exact) mass is 195 g/mol. The summed E-state index contributed by atoms with van der Waals surface area (Å²) in [5.41, 5.74) is 0. The van der Waals surface area contributed by atoms with Gasteiger partial charge in [0.1, 0.15) is 5.82 Å². The summed E-state index contributed by atoms with van der Waals surface area (Å²) in [4.78, 5) is 6.90. The van der Waals surface area contributed by atoms with Crippen molar-refractivity contribution in [3.63, 3.8) is 0 Å². The highest BCUT2D eigenvalue weighted by atomic mass is 19.5. The lowest BCUT2D eigenvalue weighted by molar-refractivity contribution is 0.368. The summed E-state index contributed by atoms with van der Waals surface area (Å²) in [6.45, 7) is 1.96. The lowest BCUT2D eigenvalue weighted by Gasteiger charge is -1.94. The van der Waals surface area contributed by atoms with Crippen molar-refractivity contribution in [2.24, 2.45) is 0 Å². The predicted molar refractivity (Wildman–Crippen MR) is 43.5 cm³/mol. The van der Waals surface area contributed by atoms with Crippen molar-refractivity contribution >= 4 is 13.3 Å². The summed E-state index contributed by atoms with van der Waals surface area (Å²) >= 11 is 0. The van der Waals surface area contributed by atoms with Crippen molar-refractivity contribution in [1.82, 2.24) is 9.97 Å². The lowest BCUT2D eigenvalue weighted by atomic mass is 10.3. The number of hydrogen-bond donors (Lipinski definition) is 1. The second-order valence-electron chi connectivity index (χ2n) is 1.97. The molecular weight excluding hydrogens is 187 g/mol. The van der Waals surface area contributed by atoms with Crippen LogP contribution in [0.3, 0.4) is 0 Å². The Labute approximate surface area is 72.8 Å². The Bertz CT molecular complexity index is 236. The van der Waals surface area contributed by atoms with Crippen LogP contribution < -0.4 is 0 Å². The minimum atomic E-state index is -6.00. The van der Waals surface area contributed by atoms with Gasteiger partial charge in [-0.15, -0.1) is 0 Å². The quantitative estimate of drug-likeness (QED) is 0.541. The van der Waals surface area contributed by atoms with Crippen molar-refractivity contribution in [3.8, 4) is 0 Å². The summed E-state index contributed by atoms with van der Waals surface area (Å²) in [6.07, 6.45) is 7.39. The molecule has 2 nitrogen and oxygen atoms in total. The molecule has 74 valence electrons. The van der Waals surface area contributed by atoms with E-state index >= 15 is 0 Å². The zero-order valence-electron chi connectivity index (χ0n) is 6.85. The maximum Gasteiger partial charge on any atom is 0.673 e. The molecule has 1 N–H and O–H groups in total. The molecule has 0 fully saturated rings. The molecule has 0 aliphatic carbocycles. The van der Waals surface area contributed by atoms with Crippen LogP contribution in [0.25, 0.3) is 6.08 Å². The summed E-state index contributed by atoms with van der Waals surface area (Å²) in [5, 5.41) is 0. The van der Waals surface area contributed by atoms with Crippen molar-refractivity contribution in [2.45, 2.75) is 6.92 Å². The van der Waals surface area contributed by atoms with Gasteiger partial charge in [0.2, 0.25) is 0 Å². The van der Waals surface area contributed by atoms with Gasteiger partial charge in [-0.3, -0.25) is 0 Å². The van der Waals surface area contributed by atoms with Crippen LogP contribution in [-0.4, -0.2) is 17.2 Å². The Hall–Kier alpha value is -1.27. The van der Waals surface area contributed by atoms with Crippen molar-refractivity contribution in [2.75, 3.05) is 0 Å². The highest BCUT2D eigenvalue weighted by molar-refractivity contribution is 6.50. The topological polar surface area (TPSA) is 28.7 Å². The highest BCUT2D eigenvalue weighted by Crippen LogP contribution is 2.06. The number of aromatic nitrogens is 2. The number of imidazole rings is 1. The number of H-pyrrole nitrogens is 1. The fraction of sp³-hybridized carbons (Fsp3) is 0.167. The normalized spacial score (nSPS) is 11.2. The second-order valence-corrected chi connectivity index (χ2v) is 1.97. The molecule has 0 aliphatic heterocycles. The van der Waals surface area contributed by atoms with Gasteiger partial charge in [-0.2, -0.15) is 0 Å². The first-order valence-corrected chi connectivity index (χ1v) is 3.43. The first-order chi connectivity index (χ1) is 5.93. The van der Waals surface area contributed by atoms with Gasteiger partial charge in [-0.25, -0.2) is 4.98 Å². The first-order valence-electron chi connectivity index (χ1n) is 3.43. The van der Waals surface area contributed by atoms with Crippen LogP contribution in [0, 0.1) is 0 Å². The summed E-state index contributed by atoms with van der Waals surface area (Å²) in [7, 11) is -6.00. The number of nitrogens with one attached hydrogen (secondary N) is 1. The number of allylic oxidation sites excluding steroid dienone is 1. The van der Waals surface area contributed by atoms with Gasteiger partial charge in [-0.05, 0) is 13.0 Å². The third-order valence-electron chi connectivity index (χ3n) is 0.844. The Balaban J connectivity index is 0.000000252. The molecule has 7 heteroatoms. The van der Waals surface area contributed by atoms with E-state index in [0.29, 0.717) is 0 Å². The van der Waals surface area contributed by atoms with Crippen LogP contribution in [0.2, 0.25) is 0 Å². The van der Waals surface area contributed by atoms with Gasteiger partial charge < -0.3 is 22.2 Å². The minimum Gasteiger partial charge on any atom is -0.418 e. The zero-order chi connectivity index (χ0) is 10.3. The molecule has 13 heavy (non-hydrogen) atoms. The molecule has 0 spiro atoms. The number of nitrogens with zero attached hydrogens (tertiary/aromatic N) is 1.